The van der Waals surface area contributed by atoms with E-state index >= 15 is 0 Å². The van der Waals surface area contributed by atoms with E-state index in [9.17, 15) is 4.79 Å². The second-order valence-electron chi connectivity index (χ2n) is 2.45. The quantitative estimate of drug-likeness (QED) is 0.632. The number of carbonyl (C=O) groups is 1. The summed E-state index contributed by atoms with van der Waals surface area (Å²) in [4.78, 5) is 10.5. The van der Waals surface area contributed by atoms with E-state index in [1.807, 2.05) is 0 Å². The molecule has 0 N–H and O–H groups in total. The van der Waals surface area contributed by atoms with Crippen molar-refractivity contribution in [2.45, 2.75) is 0 Å². The van der Waals surface area contributed by atoms with Crippen molar-refractivity contribution >= 4 is 28.9 Å². The zero-order valence-corrected chi connectivity index (χ0v) is 6.84. The molecule has 0 aliphatic heterocycles. The minimum Gasteiger partial charge on any atom is -0.464 e. The Labute approximate surface area is 73.7 Å². The molecule has 2 rings (SSSR count). The Hall–Kier alpha value is -1.28. The van der Waals surface area contributed by atoms with E-state index in [0.29, 0.717) is 22.5 Å². The number of halogens is 1. The summed E-state index contributed by atoms with van der Waals surface area (Å²) in [7, 11) is 0. The predicted molar refractivity (Wildman–Crippen MR) is 46.6 cm³/mol. The van der Waals surface area contributed by atoms with Crippen molar-refractivity contribution in [2.24, 2.45) is 0 Å². The normalized spacial score (nSPS) is 10.4. The summed E-state index contributed by atoms with van der Waals surface area (Å²) in [6, 6.07) is 5.14. The zero-order chi connectivity index (χ0) is 8.55. The first kappa shape index (κ1) is 7.37. The van der Waals surface area contributed by atoms with E-state index in [4.69, 9.17) is 16.0 Å². The van der Waals surface area contributed by atoms with Crippen LogP contribution in [-0.4, -0.2) is 6.29 Å². The lowest BCUT2D eigenvalue weighted by atomic mass is 10.2. The number of aldehydes is 1. The van der Waals surface area contributed by atoms with Crippen LogP contribution in [0.25, 0.3) is 11.0 Å². The van der Waals surface area contributed by atoms with Crippen LogP contribution in [0.5, 0.6) is 0 Å². The van der Waals surface area contributed by atoms with Gasteiger partial charge in [-0.05, 0) is 18.2 Å². The van der Waals surface area contributed by atoms with Gasteiger partial charge in [-0.15, -0.1) is 0 Å². The third-order valence-corrected chi connectivity index (χ3v) is 2.03. The van der Waals surface area contributed by atoms with Crippen molar-refractivity contribution in [1.82, 2.24) is 0 Å². The molecule has 0 aliphatic carbocycles. The van der Waals surface area contributed by atoms with Gasteiger partial charge in [-0.3, -0.25) is 4.79 Å². The molecule has 3 heteroatoms. The van der Waals surface area contributed by atoms with E-state index in [1.54, 1.807) is 24.5 Å². The number of hydrogen-bond acceptors (Lipinski definition) is 2. The highest BCUT2D eigenvalue weighted by Gasteiger charge is 2.03. The second kappa shape index (κ2) is 2.64. The highest BCUT2D eigenvalue weighted by Crippen LogP contribution is 2.23. The Morgan fingerprint density at radius 3 is 3.00 bits per heavy atom. The zero-order valence-electron chi connectivity index (χ0n) is 6.08. The number of furan rings is 1. The summed E-state index contributed by atoms with van der Waals surface area (Å²) < 4.78 is 5.10. The van der Waals surface area contributed by atoms with E-state index < -0.39 is 0 Å². The van der Waals surface area contributed by atoms with Gasteiger partial charge in [0, 0.05) is 10.9 Å². The lowest BCUT2D eigenvalue weighted by Gasteiger charge is -1.94. The average molecular weight is 181 g/mol. The van der Waals surface area contributed by atoms with Crippen LogP contribution >= 0.6 is 11.6 Å². The minimum absolute atomic E-state index is 0.457. The summed E-state index contributed by atoms with van der Waals surface area (Å²) in [6.45, 7) is 0. The van der Waals surface area contributed by atoms with Gasteiger partial charge in [0.25, 0.3) is 0 Å². The van der Waals surface area contributed by atoms with Gasteiger partial charge in [0.2, 0.25) is 0 Å². The number of rotatable bonds is 1. The molecule has 0 radical (unpaired) electrons. The molecule has 0 amide bonds. The van der Waals surface area contributed by atoms with E-state index in [-0.39, 0.29) is 0 Å². The van der Waals surface area contributed by atoms with Gasteiger partial charge in [-0.1, -0.05) is 11.6 Å². The molecular weight excluding hydrogens is 176 g/mol. The molecule has 0 saturated heterocycles. The van der Waals surface area contributed by atoms with Crippen molar-refractivity contribution < 1.29 is 9.21 Å². The third kappa shape index (κ3) is 1.01. The Kier molecular flexibility index (Phi) is 1.62. The number of fused-ring (bicyclic) bond motifs is 1. The molecule has 12 heavy (non-hydrogen) atoms. The second-order valence-corrected chi connectivity index (χ2v) is 2.86. The molecule has 2 nitrogen and oxygen atoms in total. The summed E-state index contributed by atoms with van der Waals surface area (Å²) >= 11 is 5.79. The molecule has 2 aromatic rings. The summed E-state index contributed by atoms with van der Waals surface area (Å²) in [5, 5.41) is 1.37. The Morgan fingerprint density at radius 1 is 1.42 bits per heavy atom. The number of benzene rings is 1. The number of hydrogen-bond donors (Lipinski definition) is 0. The highest BCUT2D eigenvalue weighted by molar-refractivity contribution is 6.33. The maximum atomic E-state index is 10.5. The van der Waals surface area contributed by atoms with Gasteiger partial charge in [0.15, 0.2) is 6.29 Å². The average Bonchev–Trinajstić information content (AvgIpc) is 2.49. The summed E-state index contributed by atoms with van der Waals surface area (Å²) in [6.07, 6.45) is 2.28. The first-order valence-electron chi connectivity index (χ1n) is 3.43. The fraction of sp³-hybridized carbons (Fsp3) is 0. The van der Waals surface area contributed by atoms with Crippen LogP contribution in [0.4, 0.5) is 0 Å². The van der Waals surface area contributed by atoms with Crippen LogP contribution in [0.3, 0.4) is 0 Å². The molecule has 0 atom stereocenters. The predicted octanol–water partition coefficient (Wildman–Crippen LogP) is 2.90. The maximum absolute atomic E-state index is 10.5. The molecule has 0 fully saturated rings. The molecule has 0 spiro atoms. The molecular formula is C9H5ClO2. The van der Waals surface area contributed by atoms with E-state index in [0.717, 1.165) is 5.39 Å². The largest absolute Gasteiger partial charge is 0.464 e. The Bertz CT molecular complexity index is 431. The van der Waals surface area contributed by atoms with Crippen molar-refractivity contribution in [2.75, 3.05) is 0 Å². The van der Waals surface area contributed by atoms with Gasteiger partial charge in [0.05, 0.1) is 11.3 Å². The first-order chi connectivity index (χ1) is 5.81. The molecule has 0 unspecified atom stereocenters. The topological polar surface area (TPSA) is 30.2 Å². The lowest BCUT2D eigenvalue weighted by Crippen LogP contribution is -1.80. The van der Waals surface area contributed by atoms with Gasteiger partial charge in [-0.2, -0.15) is 0 Å². The minimum atomic E-state index is 0.457. The summed E-state index contributed by atoms with van der Waals surface area (Å²) in [5.41, 5.74) is 1.14. The van der Waals surface area contributed by atoms with Gasteiger partial charge in [-0.25, -0.2) is 0 Å². The van der Waals surface area contributed by atoms with Gasteiger partial charge >= 0.3 is 0 Å². The van der Waals surface area contributed by atoms with E-state index in [1.165, 1.54) is 0 Å². The van der Waals surface area contributed by atoms with Gasteiger partial charge in [0.1, 0.15) is 5.58 Å². The van der Waals surface area contributed by atoms with Crippen molar-refractivity contribution in [3.8, 4) is 0 Å². The van der Waals surface area contributed by atoms with Crippen molar-refractivity contribution in [3.05, 3.63) is 35.0 Å². The van der Waals surface area contributed by atoms with E-state index in [2.05, 4.69) is 0 Å². The lowest BCUT2D eigenvalue weighted by molar-refractivity contribution is 0.112. The third-order valence-electron chi connectivity index (χ3n) is 1.70. The molecule has 1 aromatic heterocycles. The van der Waals surface area contributed by atoms with Crippen LogP contribution in [0.2, 0.25) is 5.02 Å². The molecule has 0 bridgehead atoms. The van der Waals surface area contributed by atoms with Gasteiger partial charge < -0.3 is 4.42 Å². The van der Waals surface area contributed by atoms with Crippen LogP contribution < -0.4 is 0 Å². The SMILES string of the molecule is O=Cc1cc2occc2cc1Cl. The van der Waals surface area contributed by atoms with Crippen molar-refractivity contribution in [3.63, 3.8) is 0 Å². The Morgan fingerprint density at radius 2 is 2.25 bits per heavy atom. The fourth-order valence-corrected chi connectivity index (χ4v) is 1.30. The number of carbonyl (C=O) groups excluding carboxylic acids is 1. The van der Waals surface area contributed by atoms with Crippen LogP contribution in [0.1, 0.15) is 10.4 Å². The van der Waals surface area contributed by atoms with Crippen molar-refractivity contribution in [1.29, 1.82) is 0 Å². The summed E-state index contributed by atoms with van der Waals surface area (Å²) in [5.74, 6) is 0. The fourth-order valence-electron chi connectivity index (χ4n) is 1.09. The monoisotopic (exact) mass is 180 g/mol. The van der Waals surface area contributed by atoms with Crippen LogP contribution in [-0.2, 0) is 0 Å². The molecule has 0 aliphatic rings. The van der Waals surface area contributed by atoms with Crippen LogP contribution in [0.15, 0.2) is 28.9 Å². The molecule has 1 heterocycles. The molecule has 0 saturated carbocycles. The molecule has 60 valence electrons. The first-order valence-corrected chi connectivity index (χ1v) is 3.81. The highest BCUT2D eigenvalue weighted by atomic mass is 35.5. The Balaban J connectivity index is 2.81. The maximum Gasteiger partial charge on any atom is 0.151 e. The van der Waals surface area contributed by atoms with Crippen LogP contribution in [0, 0.1) is 0 Å². The molecule has 1 aromatic carbocycles. The standard InChI is InChI=1S/C9H5ClO2/c10-8-3-6-1-2-12-9(6)4-7(8)5-11/h1-5H. The smallest absolute Gasteiger partial charge is 0.151 e.